The summed E-state index contributed by atoms with van der Waals surface area (Å²) in [5.74, 6) is 0.855. The van der Waals surface area contributed by atoms with Crippen LogP contribution in [0.5, 0.6) is 5.75 Å². The molecule has 0 saturated carbocycles. The predicted octanol–water partition coefficient (Wildman–Crippen LogP) is 1.99. The maximum Gasteiger partial charge on any atom is 0.347 e. The number of hydrogen-bond donors (Lipinski definition) is 2. The Morgan fingerprint density at radius 2 is 2.09 bits per heavy atom. The minimum Gasteiger partial charge on any atom is -0.497 e. The molecular weight excluding hydrogens is 280 g/mol. The summed E-state index contributed by atoms with van der Waals surface area (Å²) in [6.45, 7) is 2.71. The Balaban J connectivity index is 1.72. The summed E-state index contributed by atoms with van der Waals surface area (Å²) in [7, 11) is 1.66. The van der Waals surface area contributed by atoms with Gasteiger partial charge in [-0.25, -0.2) is 14.3 Å². The summed E-state index contributed by atoms with van der Waals surface area (Å²) in [5, 5.41) is 9.87. The van der Waals surface area contributed by atoms with E-state index in [0.29, 0.717) is 5.65 Å². The lowest BCUT2D eigenvalue weighted by atomic mass is 10.1. The maximum absolute atomic E-state index is 11.6. The van der Waals surface area contributed by atoms with E-state index in [-0.39, 0.29) is 5.69 Å². The van der Waals surface area contributed by atoms with E-state index in [4.69, 9.17) is 4.74 Å². The molecule has 2 aromatic heterocycles. The first-order chi connectivity index (χ1) is 10.7. The fraction of sp³-hybridized carbons (Fsp3) is 0.250. The van der Waals surface area contributed by atoms with Gasteiger partial charge in [-0.1, -0.05) is 12.1 Å². The molecular formula is C16H18N4O2. The number of methoxy groups -OCH3 is 1. The molecule has 0 amide bonds. The monoisotopic (exact) mass is 298 g/mol. The largest absolute Gasteiger partial charge is 0.497 e. The van der Waals surface area contributed by atoms with Crippen molar-refractivity contribution < 1.29 is 4.74 Å². The van der Waals surface area contributed by atoms with Crippen LogP contribution in [0.3, 0.4) is 0 Å². The summed E-state index contributed by atoms with van der Waals surface area (Å²) in [6.07, 6.45) is 2.65. The molecule has 0 unspecified atom stereocenters. The number of benzene rings is 1. The van der Waals surface area contributed by atoms with Crippen molar-refractivity contribution in [3.05, 3.63) is 58.1 Å². The third-order valence-corrected chi connectivity index (χ3v) is 3.54. The Hall–Kier alpha value is -2.76. The van der Waals surface area contributed by atoms with Gasteiger partial charge in [-0.3, -0.25) is 0 Å². The highest BCUT2D eigenvalue weighted by Gasteiger charge is 2.07. The number of nitrogens with zero attached hydrogens (tertiary/aromatic N) is 2. The van der Waals surface area contributed by atoms with Gasteiger partial charge in [-0.05, 0) is 42.7 Å². The van der Waals surface area contributed by atoms with E-state index < -0.39 is 0 Å². The molecule has 3 aromatic rings. The van der Waals surface area contributed by atoms with E-state index in [9.17, 15) is 4.79 Å². The number of aromatic amines is 1. The van der Waals surface area contributed by atoms with Gasteiger partial charge in [0.25, 0.3) is 0 Å². The van der Waals surface area contributed by atoms with Gasteiger partial charge in [0, 0.05) is 12.7 Å². The van der Waals surface area contributed by atoms with Crippen LogP contribution in [0.1, 0.15) is 11.1 Å². The number of H-pyrrole nitrogens is 1. The van der Waals surface area contributed by atoms with Crippen LogP contribution < -0.4 is 15.7 Å². The molecule has 0 atom stereocenters. The highest BCUT2D eigenvalue weighted by molar-refractivity contribution is 5.67. The number of pyridine rings is 1. The second kappa shape index (κ2) is 5.93. The number of ether oxygens (including phenoxy) is 1. The molecule has 1 aromatic carbocycles. The Morgan fingerprint density at radius 3 is 2.82 bits per heavy atom. The van der Waals surface area contributed by atoms with E-state index in [1.165, 1.54) is 9.96 Å². The van der Waals surface area contributed by atoms with Gasteiger partial charge in [0.05, 0.1) is 12.8 Å². The molecule has 0 bridgehead atoms. The van der Waals surface area contributed by atoms with Gasteiger partial charge >= 0.3 is 5.69 Å². The minimum atomic E-state index is -0.225. The van der Waals surface area contributed by atoms with E-state index in [1.54, 1.807) is 13.3 Å². The number of fused-ring (bicyclic) bond motifs is 1. The minimum absolute atomic E-state index is 0.225. The van der Waals surface area contributed by atoms with Gasteiger partial charge in [-0.15, -0.1) is 0 Å². The Kier molecular flexibility index (Phi) is 3.82. The number of aromatic nitrogens is 3. The molecule has 0 aliphatic heterocycles. The van der Waals surface area contributed by atoms with Crippen LogP contribution in [0.2, 0.25) is 0 Å². The summed E-state index contributed by atoms with van der Waals surface area (Å²) in [6, 6.07) is 9.99. The molecule has 3 rings (SSSR count). The van der Waals surface area contributed by atoms with Crippen molar-refractivity contribution in [1.82, 2.24) is 14.6 Å². The van der Waals surface area contributed by atoms with Crippen molar-refractivity contribution in [2.24, 2.45) is 0 Å². The second-order valence-electron chi connectivity index (χ2n) is 5.18. The molecule has 2 N–H and O–H groups in total. The normalized spacial score (nSPS) is 10.8. The standard InChI is InChI=1S/C16H18N4O2/c1-11-9-14(15-18-19-16(21)20(15)10-11)17-8-7-12-3-5-13(22-2)6-4-12/h3-6,9-10,17H,7-8H2,1-2H3,(H,19,21). The summed E-state index contributed by atoms with van der Waals surface area (Å²) in [4.78, 5) is 11.6. The molecule has 0 saturated heterocycles. The quantitative estimate of drug-likeness (QED) is 0.755. The van der Waals surface area contributed by atoms with Crippen LogP contribution in [0.25, 0.3) is 5.65 Å². The molecule has 0 fully saturated rings. The Morgan fingerprint density at radius 1 is 1.32 bits per heavy atom. The van der Waals surface area contributed by atoms with Crippen molar-refractivity contribution in [2.75, 3.05) is 19.0 Å². The zero-order valence-electron chi connectivity index (χ0n) is 12.6. The molecule has 114 valence electrons. The van der Waals surface area contributed by atoms with Gasteiger partial charge < -0.3 is 10.1 Å². The highest BCUT2D eigenvalue weighted by Crippen LogP contribution is 2.16. The lowest BCUT2D eigenvalue weighted by Gasteiger charge is -2.09. The molecule has 22 heavy (non-hydrogen) atoms. The van der Waals surface area contributed by atoms with Gasteiger partial charge in [0.15, 0.2) is 5.65 Å². The van der Waals surface area contributed by atoms with Crippen molar-refractivity contribution in [1.29, 1.82) is 0 Å². The zero-order valence-corrected chi connectivity index (χ0v) is 12.6. The number of anilines is 1. The first-order valence-corrected chi connectivity index (χ1v) is 7.11. The molecule has 0 aliphatic carbocycles. The lowest BCUT2D eigenvalue weighted by molar-refractivity contribution is 0.414. The number of nitrogens with one attached hydrogen (secondary N) is 2. The fourth-order valence-electron chi connectivity index (χ4n) is 2.41. The molecule has 6 nitrogen and oxygen atoms in total. The number of aryl methyl sites for hydroxylation is 1. The highest BCUT2D eigenvalue weighted by atomic mass is 16.5. The SMILES string of the molecule is COc1ccc(CCNc2cc(C)cn3c(=O)[nH]nc23)cc1. The fourth-order valence-corrected chi connectivity index (χ4v) is 2.41. The first-order valence-electron chi connectivity index (χ1n) is 7.11. The first kappa shape index (κ1) is 14.2. The van der Waals surface area contributed by atoms with Gasteiger partial charge in [0.1, 0.15) is 5.75 Å². The van der Waals surface area contributed by atoms with Crippen LogP contribution in [-0.4, -0.2) is 28.3 Å². The average Bonchev–Trinajstić information content (AvgIpc) is 2.89. The summed E-state index contributed by atoms with van der Waals surface area (Å²) in [5.41, 5.74) is 3.47. The Bertz CT molecular complexity index is 833. The van der Waals surface area contributed by atoms with Crippen molar-refractivity contribution in [2.45, 2.75) is 13.3 Å². The van der Waals surface area contributed by atoms with Crippen molar-refractivity contribution >= 4 is 11.3 Å². The lowest BCUT2D eigenvalue weighted by Crippen LogP contribution is -2.11. The Labute approximate surface area is 127 Å². The predicted molar refractivity (Wildman–Crippen MR) is 85.7 cm³/mol. The topological polar surface area (TPSA) is 71.4 Å². The van der Waals surface area contributed by atoms with E-state index >= 15 is 0 Å². The second-order valence-corrected chi connectivity index (χ2v) is 5.18. The number of hydrogen-bond acceptors (Lipinski definition) is 4. The van der Waals surface area contributed by atoms with Gasteiger partial charge in [0.2, 0.25) is 0 Å². The third kappa shape index (κ3) is 2.81. The molecule has 0 spiro atoms. The average molecular weight is 298 g/mol. The van der Waals surface area contributed by atoms with Crippen LogP contribution in [0, 0.1) is 6.92 Å². The summed E-state index contributed by atoms with van der Waals surface area (Å²) >= 11 is 0. The molecule has 6 heteroatoms. The maximum atomic E-state index is 11.6. The van der Waals surface area contributed by atoms with Crippen LogP contribution >= 0.6 is 0 Å². The zero-order chi connectivity index (χ0) is 15.5. The molecule has 2 heterocycles. The van der Waals surface area contributed by atoms with Crippen molar-refractivity contribution in [3.8, 4) is 5.75 Å². The smallest absolute Gasteiger partial charge is 0.347 e. The molecule has 0 aliphatic rings. The summed E-state index contributed by atoms with van der Waals surface area (Å²) < 4.78 is 6.67. The van der Waals surface area contributed by atoms with E-state index in [0.717, 1.165) is 30.0 Å². The van der Waals surface area contributed by atoms with Crippen LogP contribution in [-0.2, 0) is 6.42 Å². The third-order valence-electron chi connectivity index (χ3n) is 3.54. The van der Waals surface area contributed by atoms with E-state index in [2.05, 4.69) is 15.5 Å². The van der Waals surface area contributed by atoms with Crippen LogP contribution in [0.15, 0.2) is 41.3 Å². The van der Waals surface area contributed by atoms with E-state index in [1.807, 2.05) is 37.3 Å². The van der Waals surface area contributed by atoms with Crippen LogP contribution in [0.4, 0.5) is 5.69 Å². The van der Waals surface area contributed by atoms with Crippen molar-refractivity contribution in [3.63, 3.8) is 0 Å². The number of rotatable bonds is 5. The molecule has 0 radical (unpaired) electrons. The van der Waals surface area contributed by atoms with Gasteiger partial charge in [-0.2, -0.15) is 5.10 Å².